The van der Waals surface area contributed by atoms with E-state index in [-0.39, 0.29) is 12.1 Å². The molecule has 3 atom stereocenters. The Labute approximate surface area is 118 Å². The number of likely N-dealkylation sites (tertiary alicyclic amines) is 1. The molecular weight excluding hydrogens is 236 g/mol. The van der Waals surface area contributed by atoms with Gasteiger partial charge in [0.1, 0.15) is 0 Å². The Balaban J connectivity index is 1.84. The molecule has 0 spiro atoms. The maximum Gasteiger partial charge on any atom is 0.0611 e. The molecule has 112 valence electrons. The predicted octanol–water partition coefficient (Wildman–Crippen LogP) is 2.39. The molecule has 2 fully saturated rings. The molecule has 2 N–H and O–H groups in total. The minimum Gasteiger partial charge on any atom is -0.394 e. The summed E-state index contributed by atoms with van der Waals surface area (Å²) in [5.41, 5.74) is -0.124. The fraction of sp³-hybridized carbons (Fsp3) is 1.00. The number of hydrogen-bond acceptors (Lipinski definition) is 3. The normalized spacial score (nSPS) is 31.4. The quantitative estimate of drug-likeness (QED) is 0.776. The van der Waals surface area contributed by atoms with Gasteiger partial charge in [0.2, 0.25) is 0 Å². The van der Waals surface area contributed by atoms with Gasteiger partial charge in [-0.15, -0.1) is 0 Å². The largest absolute Gasteiger partial charge is 0.394 e. The van der Waals surface area contributed by atoms with Gasteiger partial charge >= 0.3 is 0 Å². The van der Waals surface area contributed by atoms with E-state index in [2.05, 4.69) is 31.0 Å². The van der Waals surface area contributed by atoms with Crippen molar-refractivity contribution in [2.75, 3.05) is 19.7 Å². The highest BCUT2D eigenvalue weighted by Crippen LogP contribution is 2.36. The van der Waals surface area contributed by atoms with Crippen LogP contribution in [0.5, 0.6) is 0 Å². The van der Waals surface area contributed by atoms with Gasteiger partial charge in [0.25, 0.3) is 0 Å². The molecule has 0 amide bonds. The predicted molar refractivity (Wildman–Crippen MR) is 80.3 cm³/mol. The molecule has 2 aliphatic rings. The average Bonchev–Trinajstić information content (AvgIpc) is 2.79. The second-order valence-electron chi connectivity index (χ2n) is 7.20. The topological polar surface area (TPSA) is 35.5 Å². The van der Waals surface area contributed by atoms with E-state index in [1.54, 1.807) is 0 Å². The molecule has 1 aliphatic heterocycles. The van der Waals surface area contributed by atoms with Crippen LogP contribution in [0.3, 0.4) is 0 Å². The molecule has 1 heterocycles. The summed E-state index contributed by atoms with van der Waals surface area (Å²) in [5.74, 6) is 0.965. The van der Waals surface area contributed by atoms with Crippen LogP contribution >= 0.6 is 0 Å². The third kappa shape index (κ3) is 3.93. The third-order valence-electron chi connectivity index (χ3n) is 5.06. The zero-order chi connectivity index (χ0) is 13.9. The minimum atomic E-state index is -0.124. The summed E-state index contributed by atoms with van der Waals surface area (Å²) in [6, 6.07) is 1.27. The van der Waals surface area contributed by atoms with Crippen LogP contribution in [-0.2, 0) is 0 Å². The number of nitrogens with one attached hydrogen (secondary N) is 1. The highest BCUT2D eigenvalue weighted by atomic mass is 16.3. The van der Waals surface area contributed by atoms with Crippen molar-refractivity contribution >= 4 is 0 Å². The third-order valence-corrected chi connectivity index (χ3v) is 5.06. The molecule has 0 aromatic rings. The molecule has 2 rings (SSSR count). The maximum atomic E-state index is 9.66. The van der Waals surface area contributed by atoms with Gasteiger partial charge in [-0.1, -0.05) is 26.7 Å². The van der Waals surface area contributed by atoms with Crippen molar-refractivity contribution in [2.24, 2.45) is 5.92 Å². The number of aliphatic hydroxyl groups excluding tert-OH is 1. The molecule has 1 saturated carbocycles. The SMILES string of the molecule is CC(C)NC(C)(CO)CCN1CCC2CCCCC21. The van der Waals surface area contributed by atoms with E-state index in [0.29, 0.717) is 6.04 Å². The summed E-state index contributed by atoms with van der Waals surface area (Å²) in [6.07, 6.45) is 8.15. The zero-order valence-electron chi connectivity index (χ0n) is 13.0. The van der Waals surface area contributed by atoms with Crippen LogP contribution in [0.1, 0.15) is 59.3 Å². The lowest BCUT2D eigenvalue weighted by Crippen LogP contribution is -2.51. The average molecular weight is 268 g/mol. The van der Waals surface area contributed by atoms with Crippen LogP contribution in [0.25, 0.3) is 0 Å². The molecule has 1 aliphatic carbocycles. The molecule has 0 bridgehead atoms. The molecule has 1 saturated heterocycles. The first-order valence-corrected chi connectivity index (χ1v) is 8.17. The molecule has 0 radical (unpaired) electrons. The van der Waals surface area contributed by atoms with E-state index in [9.17, 15) is 5.11 Å². The van der Waals surface area contributed by atoms with Gasteiger partial charge < -0.3 is 15.3 Å². The summed E-state index contributed by atoms with van der Waals surface area (Å²) in [4.78, 5) is 2.69. The lowest BCUT2D eigenvalue weighted by atomic mass is 9.85. The standard InChI is InChI=1S/C16H32N2O/c1-13(2)17-16(3,12-19)9-11-18-10-8-14-6-4-5-7-15(14)18/h13-15,17,19H,4-12H2,1-3H3. The Morgan fingerprint density at radius 2 is 2.00 bits per heavy atom. The van der Waals surface area contributed by atoms with E-state index in [0.717, 1.165) is 24.9 Å². The molecule has 3 heteroatoms. The fourth-order valence-electron chi connectivity index (χ4n) is 4.06. The first-order valence-electron chi connectivity index (χ1n) is 8.17. The van der Waals surface area contributed by atoms with E-state index in [1.165, 1.54) is 38.6 Å². The van der Waals surface area contributed by atoms with Gasteiger partial charge in [0, 0.05) is 24.2 Å². The van der Waals surface area contributed by atoms with E-state index < -0.39 is 0 Å². The maximum absolute atomic E-state index is 9.66. The monoisotopic (exact) mass is 268 g/mol. The Morgan fingerprint density at radius 3 is 2.68 bits per heavy atom. The van der Waals surface area contributed by atoms with E-state index in [1.807, 2.05) is 0 Å². The van der Waals surface area contributed by atoms with Gasteiger partial charge in [-0.2, -0.15) is 0 Å². The van der Waals surface area contributed by atoms with E-state index in [4.69, 9.17) is 0 Å². The minimum absolute atomic E-state index is 0.124. The highest BCUT2D eigenvalue weighted by Gasteiger charge is 2.36. The van der Waals surface area contributed by atoms with Crippen LogP contribution in [0, 0.1) is 5.92 Å². The van der Waals surface area contributed by atoms with Crippen LogP contribution in [0.2, 0.25) is 0 Å². The number of hydrogen-bond donors (Lipinski definition) is 2. The van der Waals surface area contributed by atoms with Crippen molar-refractivity contribution in [2.45, 2.75) is 76.9 Å². The summed E-state index contributed by atoms with van der Waals surface area (Å²) in [7, 11) is 0. The molecule has 0 aromatic heterocycles. The molecule has 19 heavy (non-hydrogen) atoms. The van der Waals surface area contributed by atoms with Crippen molar-refractivity contribution in [1.82, 2.24) is 10.2 Å². The van der Waals surface area contributed by atoms with Crippen molar-refractivity contribution in [3.8, 4) is 0 Å². The number of rotatable bonds is 6. The number of nitrogens with zero attached hydrogens (tertiary/aromatic N) is 1. The second kappa shape index (κ2) is 6.55. The summed E-state index contributed by atoms with van der Waals surface area (Å²) in [6.45, 7) is 9.10. The first-order chi connectivity index (χ1) is 9.04. The Morgan fingerprint density at radius 1 is 1.26 bits per heavy atom. The van der Waals surface area contributed by atoms with Gasteiger partial charge in [0.15, 0.2) is 0 Å². The molecular formula is C16H32N2O. The first kappa shape index (κ1) is 15.3. The van der Waals surface area contributed by atoms with Gasteiger partial charge in [-0.05, 0) is 45.1 Å². The summed E-state index contributed by atoms with van der Waals surface area (Å²) in [5, 5.41) is 13.2. The van der Waals surface area contributed by atoms with Crippen molar-refractivity contribution in [3.05, 3.63) is 0 Å². The van der Waals surface area contributed by atoms with Crippen molar-refractivity contribution in [3.63, 3.8) is 0 Å². The van der Waals surface area contributed by atoms with Gasteiger partial charge in [0.05, 0.1) is 6.61 Å². The molecule has 3 nitrogen and oxygen atoms in total. The summed E-state index contributed by atoms with van der Waals surface area (Å²) >= 11 is 0. The fourth-order valence-corrected chi connectivity index (χ4v) is 4.06. The van der Waals surface area contributed by atoms with Crippen LogP contribution < -0.4 is 5.32 Å². The zero-order valence-corrected chi connectivity index (χ0v) is 13.0. The van der Waals surface area contributed by atoms with Crippen LogP contribution in [-0.4, -0.2) is 47.3 Å². The Hall–Kier alpha value is -0.120. The van der Waals surface area contributed by atoms with E-state index >= 15 is 0 Å². The second-order valence-corrected chi connectivity index (χ2v) is 7.20. The van der Waals surface area contributed by atoms with Crippen LogP contribution in [0.4, 0.5) is 0 Å². The lowest BCUT2D eigenvalue weighted by Gasteiger charge is -2.36. The van der Waals surface area contributed by atoms with Gasteiger partial charge in [-0.3, -0.25) is 0 Å². The number of aliphatic hydroxyl groups is 1. The molecule has 0 aromatic carbocycles. The molecule has 3 unspecified atom stereocenters. The summed E-state index contributed by atoms with van der Waals surface area (Å²) < 4.78 is 0. The highest BCUT2D eigenvalue weighted by molar-refractivity contribution is 4.92. The van der Waals surface area contributed by atoms with Crippen molar-refractivity contribution < 1.29 is 5.11 Å². The van der Waals surface area contributed by atoms with Gasteiger partial charge in [-0.25, -0.2) is 0 Å². The van der Waals surface area contributed by atoms with Crippen LogP contribution in [0.15, 0.2) is 0 Å². The lowest BCUT2D eigenvalue weighted by molar-refractivity contribution is 0.122. The smallest absolute Gasteiger partial charge is 0.0611 e. The Kier molecular flexibility index (Phi) is 5.27. The Bertz CT molecular complexity index is 282. The number of fused-ring (bicyclic) bond motifs is 1. The van der Waals surface area contributed by atoms with Crippen molar-refractivity contribution in [1.29, 1.82) is 0 Å².